The minimum atomic E-state index is -0.310. The average Bonchev–Trinajstić information content (AvgIpc) is 2.65. The van der Waals surface area contributed by atoms with E-state index in [2.05, 4.69) is 22.5 Å². The summed E-state index contributed by atoms with van der Waals surface area (Å²) in [7, 11) is 0. The van der Waals surface area contributed by atoms with Crippen LogP contribution < -0.4 is 10.6 Å². The molecule has 2 fully saturated rings. The van der Waals surface area contributed by atoms with E-state index in [0.717, 1.165) is 44.6 Å². The van der Waals surface area contributed by atoms with Gasteiger partial charge in [0.1, 0.15) is 5.82 Å². The van der Waals surface area contributed by atoms with Gasteiger partial charge in [0.15, 0.2) is 0 Å². The van der Waals surface area contributed by atoms with Gasteiger partial charge in [0.05, 0.1) is 0 Å². The van der Waals surface area contributed by atoms with Crippen molar-refractivity contribution in [3.8, 4) is 0 Å². The van der Waals surface area contributed by atoms with Crippen molar-refractivity contribution < 1.29 is 9.18 Å². The van der Waals surface area contributed by atoms with Crippen LogP contribution in [0.1, 0.15) is 44.6 Å². The van der Waals surface area contributed by atoms with Crippen LogP contribution in [-0.4, -0.2) is 43.0 Å². The summed E-state index contributed by atoms with van der Waals surface area (Å²) in [6.07, 6.45) is 5.02. The fourth-order valence-corrected chi connectivity index (χ4v) is 4.59. The van der Waals surface area contributed by atoms with Crippen LogP contribution >= 0.6 is 36.4 Å². The quantitative estimate of drug-likeness (QED) is 0.649. The lowest BCUT2D eigenvalue weighted by Crippen LogP contribution is -2.47. The van der Waals surface area contributed by atoms with E-state index in [1.165, 1.54) is 25.0 Å². The van der Waals surface area contributed by atoms with Crippen molar-refractivity contribution in [2.45, 2.75) is 51.6 Å². The summed E-state index contributed by atoms with van der Waals surface area (Å²) >= 11 is 6.16. The number of halogens is 4. The van der Waals surface area contributed by atoms with Crippen LogP contribution in [0.2, 0.25) is 5.02 Å². The zero-order valence-electron chi connectivity index (χ0n) is 17.0. The Bertz CT molecular complexity index is 644. The van der Waals surface area contributed by atoms with E-state index in [9.17, 15) is 9.18 Å². The van der Waals surface area contributed by atoms with Crippen molar-refractivity contribution >= 4 is 42.3 Å². The standard InChI is InChI=1S/C21H31ClFN3O.2ClH/c1-15(16-6-8-24-9-7-16)11-21(27)25-19-3-2-10-26(14-19)13-17-4-5-18(23)12-20(17)22;;/h4-5,12,15-16,19,24H,2-3,6-11,13-14H2,1H3,(H,25,27);2*1H. The maximum atomic E-state index is 13.2. The first-order valence-corrected chi connectivity index (χ1v) is 10.6. The zero-order chi connectivity index (χ0) is 19.2. The van der Waals surface area contributed by atoms with E-state index in [4.69, 9.17) is 11.6 Å². The van der Waals surface area contributed by atoms with Crippen molar-refractivity contribution in [2.24, 2.45) is 11.8 Å². The Hall–Kier alpha value is -0.590. The first kappa shape index (κ1) is 26.4. The number of piperidine rings is 2. The second-order valence-corrected chi connectivity index (χ2v) is 8.55. The fourth-order valence-electron chi connectivity index (χ4n) is 4.37. The third-order valence-corrected chi connectivity index (χ3v) is 6.33. The van der Waals surface area contributed by atoms with Gasteiger partial charge in [-0.25, -0.2) is 4.39 Å². The van der Waals surface area contributed by atoms with Gasteiger partial charge in [-0.05, 0) is 74.8 Å². The minimum Gasteiger partial charge on any atom is -0.352 e. The molecule has 2 aliphatic heterocycles. The van der Waals surface area contributed by atoms with Crippen molar-refractivity contribution in [1.82, 2.24) is 15.5 Å². The van der Waals surface area contributed by atoms with Crippen molar-refractivity contribution in [3.63, 3.8) is 0 Å². The Morgan fingerprint density at radius 3 is 2.72 bits per heavy atom. The largest absolute Gasteiger partial charge is 0.352 e. The van der Waals surface area contributed by atoms with Crippen molar-refractivity contribution in [2.75, 3.05) is 26.2 Å². The molecule has 3 rings (SSSR count). The molecule has 0 radical (unpaired) electrons. The highest BCUT2D eigenvalue weighted by atomic mass is 35.5. The highest BCUT2D eigenvalue weighted by Gasteiger charge is 2.25. The van der Waals surface area contributed by atoms with Crippen LogP contribution in [0.3, 0.4) is 0 Å². The molecule has 2 heterocycles. The van der Waals surface area contributed by atoms with E-state index in [0.29, 0.717) is 29.8 Å². The van der Waals surface area contributed by atoms with Crippen LogP contribution in [0.15, 0.2) is 18.2 Å². The Balaban J connectivity index is 0.00000210. The van der Waals surface area contributed by atoms with Gasteiger partial charge in [-0.15, -0.1) is 24.8 Å². The van der Waals surface area contributed by atoms with Crippen LogP contribution in [0.25, 0.3) is 0 Å². The lowest BCUT2D eigenvalue weighted by atomic mass is 9.84. The molecule has 2 aliphatic rings. The lowest BCUT2D eigenvalue weighted by molar-refractivity contribution is -0.123. The van der Waals surface area contributed by atoms with Crippen LogP contribution in [0, 0.1) is 17.7 Å². The monoisotopic (exact) mass is 467 g/mol. The van der Waals surface area contributed by atoms with Gasteiger partial charge in [-0.3, -0.25) is 9.69 Å². The summed E-state index contributed by atoms with van der Waals surface area (Å²) in [6.45, 7) is 6.84. The third kappa shape index (κ3) is 8.22. The molecule has 29 heavy (non-hydrogen) atoms. The minimum absolute atomic E-state index is 0. The number of likely N-dealkylation sites (tertiary alicyclic amines) is 1. The molecule has 1 amide bonds. The smallest absolute Gasteiger partial charge is 0.220 e. The average molecular weight is 469 g/mol. The molecule has 0 aliphatic carbocycles. The summed E-state index contributed by atoms with van der Waals surface area (Å²) in [4.78, 5) is 14.8. The number of amides is 1. The fraction of sp³-hybridized carbons (Fsp3) is 0.667. The number of nitrogens with one attached hydrogen (secondary N) is 2. The maximum Gasteiger partial charge on any atom is 0.220 e. The predicted octanol–water partition coefficient (Wildman–Crippen LogP) is 4.43. The summed E-state index contributed by atoms with van der Waals surface area (Å²) in [5.74, 6) is 0.952. The van der Waals surface area contributed by atoms with E-state index < -0.39 is 0 Å². The summed E-state index contributed by atoms with van der Waals surface area (Å²) in [5.41, 5.74) is 0.935. The highest BCUT2D eigenvalue weighted by Crippen LogP contribution is 2.25. The molecule has 0 spiro atoms. The lowest BCUT2D eigenvalue weighted by Gasteiger charge is -2.34. The van der Waals surface area contributed by atoms with Gasteiger partial charge in [0.25, 0.3) is 0 Å². The summed E-state index contributed by atoms with van der Waals surface area (Å²) < 4.78 is 13.2. The number of rotatable bonds is 6. The molecular formula is C21H33Cl3FN3O. The van der Waals surface area contributed by atoms with E-state index in [1.54, 1.807) is 6.07 Å². The molecule has 0 bridgehead atoms. The maximum absolute atomic E-state index is 13.2. The normalized spacial score (nSPS) is 21.6. The van der Waals surface area contributed by atoms with Gasteiger partial charge in [-0.1, -0.05) is 24.6 Å². The predicted molar refractivity (Wildman–Crippen MR) is 122 cm³/mol. The van der Waals surface area contributed by atoms with E-state index in [-0.39, 0.29) is 42.6 Å². The van der Waals surface area contributed by atoms with Gasteiger partial charge in [0, 0.05) is 30.6 Å². The second kappa shape index (κ2) is 13.0. The number of nitrogens with zero attached hydrogens (tertiary/aromatic N) is 1. The molecule has 0 aromatic heterocycles. The highest BCUT2D eigenvalue weighted by molar-refractivity contribution is 6.31. The van der Waals surface area contributed by atoms with Gasteiger partial charge in [0.2, 0.25) is 5.91 Å². The molecular weight excluding hydrogens is 436 g/mol. The second-order valence-electron chi connectivity index (χ2n) is 8.15. The van der Waals surface area contributed by atoms with Crippen molar-refractivity contribution in [3.05, 3.63) is 34.6 Å². The number of benzene rings is 1. The molecule has 2 saturated heterocycles. The molecule has 2 atom stereocenters. The van der Waals surface area contributed by atoms with E-state index in [1.807, 2.05) is 0 Å². The Labute approximate surface area is 191 Å². The molecule has 1 aromatic rings. The SMILES string of the molecule is CC(CC(=O)NC1CCCN(Cc2ccc(F)cc2Cl)C1)C1CCNCC1.Cl.Cl. The Morgan fingerprint density at radius 1 is 1.31 bits per heavy atom. The molecule has 2 unspecified atom stereocenters. The van der Waals surface area contributed by atoms with Crippen molar-refractivity contribution in [1.29, 1.82) is 0 Å². The van der Waals surface area contributed by atoms with Crippen LogP contribution in [0.4, 0.5) is 4.39 Å². The first-order valence-electron chi connectivity index (χ1n) is 10.2. The first-order chi connectivity index (χ1) is 13.0. The Kier molecular flexibility index (Phi) is 11.8. The summed E-state index contributed by atoms with van der Waals surface area (Å²) in [6, 6.07) is 4.75. The molecule has 2 N–H and O–H groups in total. The molecule has 8 heteroatoms. The molecule has 1 aromatic carbocycles. The number of carbonyl (C=O) groups is 1. The van der Waals surface area contributed by atoms with Gasteiger partial charge >= 0.3 is 0 Å². The molecule has 0 saturated carbocycles. The number of carbonyl (C=O) groups excluding carboxylic acids is 1. The molecule has 4 nitrogen and oxygen atoms in total. The number of hydrogen-bond acceptors (Lipinski definition) is 3. The topological polar surface area (TPSA) is 44.4 Å². The van der Waals surface area contributed by atoms with Crippen LogP contribution in [0.5, 0.6) is 0 Å². The van der Waals surface area contributed by atoms with Crippen LogP contribution in [-0.2, 0) is 11.3 Å². The zero-order valence-corrected chi connectivity index (χ0v) is 19.4. The van der Waals surface area contributed by atoms with E-state index >= 15 is 0 Å². The third-order valence-electron chi connectivity index (χ3n) is 5.98. The Morgan fingerprint density at radius 2 is 2.03 bits per heavy atom. The van der Waals surface area contributed by atoms with Gasteiger partial charge in [-0.2, -0.15) is 0 Å². The number of hydrogen-bond donors (Lipinski definition) is 2. The van der Waals surface area contributed by atoms with Gasteiger partial charge < -0.3 is 10.6 Å². The molecule has 166 valence electrons. The summed E-state index contributed by atoms with van der Waals surface area (Å²) in [5, 5.41) is 7.09.